The monoisotopic (exact) mass is 376 g/mol. The van der Waals surface area contributed by atoms with Crippen molar-refractivity contribution in [1.82, 2.24) is 14.9 Å². The molecule has 1 unspecified atom stereocenters. The van der Waals surface area contributed by atoms with Gasteiger partial charge < -0.3 is 9.88 Å². The number of amides is 1. The molecule has 0 saturated carbocycles. The molecule has 23 heavy (non-hydrogen) atoms. The zero-order valence-corrected chi connectivity index (χ0v) is 14.6. The van der Waals surface area contributed by atoms with E-state index >= 15 is 0 Å². The smallest absolute Gasteiger partial charge is 0.226 e. The van der Waals surface area contributed by atoms with Gasteiger partial charge in [0.2, 0.25) is 11.9 Å². The third kappa shape index (κ3) is 4.65. The Morgan fingerprint density at radius 3 is 2.96 bits per heavy atom. The van der Waals surface area contributed by atoms with E-state index in [4.69, 9.17) is 0 Å². The fraction of sp³-hybridized carbons (Fsp3) is 0.412. The highest BCUT2D eigenvalue weighted by Gasteiger charge is 2.16. The molecule has 0 spiro atoms. The molecule has 122 valence electrons. The standard InChI is InChI=1S/C17H21BrN4O/c18-15-4-1-14(2-5-15)12-22-10-9-20-17(22)21-16(23)6-3-13-7-8-19-11-13/h1-2,4-5,9-10,13,19H,3,6-8,11-12H2,(H,20,21,23). The first kappa shape index (κ1) is 16.2. The number of anilines is 1. The summed E-state index contributed by atoms with van der Waals surface area (Å²) in [5, 5.41) is 6.26. The van der Waals surface area contributed by atoms with E-state index in [0.717, 1.165) is 24.0 Å². The normalized spacial score (nSPS) is 17.3. The molecule has 1 aromatic carbocycles. The number of hydrogen-bond donors (Lipinski definition) is 2. The summed E-state index contributed by atoms with van der Waals surface area (Å²) in [7, 11) is 0. The maximum absolute atomic E-state index is 12.1. The molecular weight excluding hydrogens is 356 g/mol. The molecule has 3 rings (SSSR count). The Morgan fingerprint density at radius 1 is 1.39 bits per heavy atom. The first-order valence-electron chi connectivity index (χ1n) is 7.97. The number of halogens is 1. The van der Waals surface area contributed by atoms with Gasteiger partial charge in [0.05, 0.1) is 6.54 Å². The topological polar surface area (TPSA) is 59.0 Å². The second kappa shape index (κ2) is 7.75. The van der Waals surface area contributed by atoms with Crippen LogP contribution in [0.4, 0.5) is 5.95 Å². The quantitative estimate of drug-likeness (QED) is 0.814. The van der Waals surface area contributed by atoms with E-state index in [1.165, 1.54) is 12.0 Å². The van der Waals surface area contributed by atoms with Crippen LogP contribution in [-0.4, -0.2) is 28.5 Å². The predicted molar refractivity (Wildman–Crippen MR) is 94.3 cm³/mol. The van der Waals surface area contributed by atoms with Crippen molar-refractivity contribution in [2.24, 2.45) is 5.92 Å². The number of nitrogens with zero attached hydrogens (tertiary/aromatic N) is 2. The minimum atomic E-state index is 0.0418. The number of rotatable bonds is 6. The van der Waals surface area contributed by atoms with E-state index in [2.05, 4.69) is 43.7 Å². The second-order valence-corrected chi connectivity index (χ2v) is 6.87. The van der Waals surface area contributed by atoms with Crippen LogP contribution >= 0.6 is 15.9 Å². The van der Waals surface area contributed by atoms with E-state index in [1.54, 1.807) is 6.20 Å². The van der Waals surface area contributed by atoms with Crippen molar-refractivity contribution in [2.45, 2.75) is 25.8 Å². The van der Waals surface area contributed by atoms with Gasteiger partial charge in [0, 0.05) is 23.3 Å². The molecule has 1 aliphatic rings. The number of nitrogens with one attached hydrogen (secondary N) is 2. The van der Waals surface area contributed by atoms with Gasteiger partial charge in [0.1, 0.15) is 0 Å². The van der Waals surface area contributed by atoms with E-state index in [-0.39, 0.29) is 5.91 Å². The Labute approximate surface area is 144 Å². The van der Waals surface area contributed by atoms with Crippen LogP contribution in [0.1, 0.15) is 24.8 Å². The molecule has 1 aliphatic heterocycles. The number of carbonyl (C=O) groups excluding carboxylic acids is 1. The van der Waals surface area contributed by atoms with Crippen LogP contribution in [0, 0.1) is 5.92 Å². The molecule has 2 aromatic rings. The Kier molecular flexibility index (Phi) is 5.46. The van der Waals surface area contributed by atoms with Crippen LogP contribution in [0.2, 0.25) is 0 Å². The lowest BCUT2D eigenvalue weighted by Crippen LogP contribution is -2.17. The van der Waals surface area contributed by atoms with E-state index in [1.807, 2.05) is 22.9 Å². The number of benzene rings is 1. The molecule has 5 nitrogen and oxygen atoms in total. The summed E-state index contributed by atoms with van der Waals surface area (Å²) in [6.07, 6.45) is 6.27. The summed E-state index contributed by atoms with van der Waals surface area (Å²) in [6.45, 7) is 2.80. The zero-order valence-electron chi connectivity index (χ0n) is 13.0. The highest BCUT2D eigenvalue weighted by molar-refractivity contribution is 9.10. The lowest BCUT2D eigenvalue weighted by atomic mass is 10.0. The van der Waals surface area contributed by atoms with Crippen LogP contribution in [0.15, 0.2) is 41.1 Å². The molecule has 2 heterocycles. The van der Waals surface area contributed by atoms with Crippen molar-refractivity contribution < 1.29 is 4.79 Å². The van der Waals surface area contributed by atoms with Crippen molar-refractivity contribution >= 4 is 27.8 Å². The van der Waals surface area contributed by atoms with Gasteiger partial charge in [-0.15, -0.1) is 0 Å². The summed E-state index contributed by atoms with van der Waals surface area (Å²) in [6, 6.07) is 8.14. The highest BCUT2D eigenvalue weighted by Crippen LogP contribution is 2.16. The maximum atomic E-state index is 12.1. The van der Waals surface area contributed by atoms with Crippen LogP contribution in [0.5, 0.6) is 0 Å². The Bertz CT molecular complexity index is 647. The van der Waals surface area contributed by atoms with E-state index in [0.29, 0.717) is 24.8 Å². The first-order chi connectivity index (χ1) is 11.2. The molecule has 1 saturated heterocycles. The third-order valence-corrected chi connectivity index (χ3v) is 4.70. The average Bonchev–Trinajstić information content (AvgIpc) is 3.20. The van der Waals surface area contributed by atoms with Crippen molar-refractivity contribution in [2.75, 3.05) is 18.4 Å². The zero-order chi connectivity index (χ0) is 16.1. The summed E-state index contributed by atoms with van der Waals surface area (Å²) in [5.41, 5.74) is 1.17. The van der Waals surface area contributed by atoms with E-state index in [9.17, 15) is 4.79 Å². The fourth-order valence-electron chi connectivity index (χ4n) is 2.83. The van der Waals surface area contributed by atoms with Gasteiger partial charge in [-0.3, -0.25) is 10.1 Å². The largest absolute Gasteiger partial charge is 0.316 e. The number of carbonyl (C=O) groups is 1. The van der Waals surface area contributed by atoms with Gasteiger partial charge in [-0.2, -0.15) is 0 Å². The van der Waals surface area contributed by atoms with Gasteiger partial charge in [0.15, 0.2) is 0 Å². The summed E-state index contributed by atoms with van der Waals surface area (Å²) < 4.78 is 3.01. The number of imidazole rings is 1. The highest BCUT2D eigenvalue weighted by atomic mass is 79.9. The summed E-state index contributed by atoms with van der Waals surface area (Å²) in [5.74, 6) is 1.28. The molecular formula is C17H21BrN4O. The molecule has 1 atom stereocenters. The van der Waals surface area contributed by atoms with Crippen molar-refractivity contribution in [3.63, 3.8) is 0 Å². The molecule has 1 aromatic heterocycles. The van der Waals surface area contributed by atoms with Gasteiger partial charge in [0.25, 0.3) is 0 Å². The van der Waals surface area contributed by atoms with Gasteiger partial charge >= 0.3 is 0 Å². The molecule has 0 radical (unpaired) electrons. The Hall–Kier alpha value is -1.66. The molecule has 0 aliphatic carbocycles. The lowest BCUT2D eigenvalue weighted by molar-refractivity contribution is -0.116. The lowest BCUT2D eigenvalue weighted by Gasteiger charge is -2.11. The maximum Gasteiger partial charge on any atom is 0.226 e. The third-order valence-electron chi connectivity index (χ3n) is 4.17. The Balaban J connectivity index is 1.55. The fourth-order valence-corrected chi connectivity index (χ4v) is 3.09. The van der Waals surface area contributed by atoms with Gasteiger partial charge in [-0.05, 0) is 49.5 Å². The van der Waals surface area contributed by atoms with E-state index < -0.39 is 0 Å². The minimum absolute atomic E-state index is 0.0418. The average molecular weight is 377 g/mol. The van der Waals surface area contributed by atoms with Crippen LogP contribution in [-0.2, 0) is 11.3 Å². The number of aromatic nitrogens is 2. The minimum Gasteiger partial charge on any atom is -0.316 e. The SMILES string of the molecule is O=C(CCC1CCNC1)Nc1nccn1Cc1ccc(Br)cc1. The summed E-state index contributed by atoms with van der Waals surface area (Å²) >= 11 is 3.44. The van der Waals surface area contributed by atoms with Crippen LogP contribution in [0.3, 0.4) is 0 Å². The first-order valence-corrected chi connectivity index (χ1v) is 8.76. The van der Waals surface area contributed by atoms with Crippen molar-refractivity contribution in [1.29, 1.82) is 0 Å². The number of hydrogen-bond acceptors (Lipinski definition) is 3. The van der Waals surface area contributed by atoms with Crippen molar-refractivity contribution in [3.8, 4) is 0 Å². The molecule has 0 bridgehead atoms. The van der Waals surface area contributed by atoms with Crippen molar-refractivity contribution in [3.05, 3.63) is 46.7 Å². The molecule has 6 heteroatoms. The predicted octanol–water partition coefficient (Wildman–Crippen LogP) is 3.02. The molecule has 2 N–H and O–H groups in total. The summed E-state index contributed by atoms with van der Waals surface area (Å²) in [4.78, 5) is 16.4. The van der Waals surface area contributed by atoms with Crippen LogP contribution in [0.25, 0.3) is 0 Å². The molecule has 1 amide bonds. The molecule has 1 fully saturated rings. The second-order valence-electron chi connectivity index (χ2n) is 5.95. The van der Waals surface area contributed by atoms with Gasteiger partial charge in [-0.1, -0.05) is 28.1 Å². The van der Waals surface area contributed by atoms with Crippen LogP contribution < -0.4 is 10.6 Å². The van der Waals surface area contributed by atoms with Gasteiger partial charge in [-0.25, -0.2) is 4.98 Å². The Morgan fingerprint density at radius 2 is 2.22 bits per heavy atom.